The number of nitrogens with two attached hydrogens (primary N) is 1. The minimum atomic E-state index is -3.84. The van der Waals surface area contributed by atoms with Crippen molar-refractivity contribution in [3.63, 3.8) is 0 Å². The Bertz CT molecular complexity index is 3730. The number of ether oxygens (including phenoxy) is 6. The molecule has 4 atom stereocenters. The number of aliphatic hydroxyl groups is 1. The van der Waals surface area contributed by atoms with E-state index in [1.807, 2.05) is 12.1 Å². The first kappa shape index (κ1) is 92.4. The summed E-state index contributed by atoms with van der Waals surface area (Å²) < 4.78 is 48.9. The Hall–Kier alpha value is -12.7. The summed E-state index contributed by atoms with van der Waals surface area (Å²) in [4.78, 5) is 152. The van der Waals surface area contributed by atoms with Gasteiger partial charge < -0.3 is 80.0 Å². The Kier molecular flexibility index (Phi) is 49.5. The molecule has 31 nitrogen and oxygen atoms in total. The maximum absolute atomic E-state index is 12.3. The molecular formula is C71H81N6O25P. The number of carbonyl (C=O) groups excluding carboxylic acids is 13. The number of amides is 6. The average molecular weight is 1450 g/mol. The maximum atomic E-state index is 12.3. The summed E-state index contributed by atoms with van der Waals surface area (Å²) in [6, 6.07) is 50.3. The van der Waals surface area contributed by atoms with Gasteiger partial charge in [0.2, 0.25) is 30.4 Å². The highest BCUT2D eigenvalue weighted by Gasteiger charge is 2.42. The van der Waals surface area contributed by atoms with E-state index in [1.54, 1.807) is 176 Å². The second-order valence-corrected chi connectivity index (χ2v) is 20.9. The van der Waals surface area contributed by atoms with Gasteiger partial charge in [-0.25, -0.2) is 28.8 Å². The lowest BCUT2D eigenvalue weighted by Gasteiger charge is -2.23. The predicted octanol–water partition coefficient (Wildman–Crippen LogP) is 5.49. The van der Waals surface area contributed by atoms with Gasteiger partial charge in [-0.1, -0.05) is 135 Å². The maximum Gasteiger partial charge on any atom is 0.368 e. The lowest BCUT2D eigenvalue weighted by atomic mass is 10.1. The number of aliphatic carboxylic acids is 1. The molecule has 6 aromatic carbocycles. The number of benzene rings is 6. The molecule has 0 fully saturated rings. The van der Waals surface area contributed by atoms with Crippen molar-refractivity contribution in [3.8, 4) is 0 Å². The van der Waals surface area contributed by atoms with Gasteiger partial charge >= 0.3 is 43.4 Å². The molecule has 550 valence electrons. The number of carboxylic acids is 1. The van der Waals surface area contributed by atoms with Gasteiger partial charge in [-0.15, -0.1) is 6.58 Å². The SMILES string of the molecule is C=C/C=C(\NC(=O)c1ccccc1)C(=O)OC.C=CC=O.C=CCC(NC(=O)c1ccccc1)C(=O)OC.COC(=O)C(NC(=O)c1ccccc1)OC.COC(=O)C(NC(=O)c1ccccc1)P(=O)(OC)OC.COC(=O)C(O)NC(=O)c1ccccc1.NC(=O)c1ccccc1.O=CC(=O)O. The molecule has 0 saturated heterocycles. The fraction of sp³-hybridized carbons (Fsp3) is 0.183. The fourth-order valence-corrected chi connectivity index (χ4v) is 7.88. The molecule has 6 rings (SSSR count). The van der Waals surface area contributed by atoms with Gasteiger partial charge in [0.25, 0.3) is 29.5 Å². The van der Waals surface area contributed by atoms with Crippen LogP contribution >= 0.6 is 7.60 Å². The van der Waals surface area contributed by atoms with Gasteiger partial charge in [0.05, 0.1) is 35.5 Å². The molecule has 6 amide bonds. The molecule has 0 aliphatic heterocycles. The van der Waals surface area contributed by atoms with E-state index < -0.39 is 85.4 Å². The first-order chi connectivity index (χ1) is 49.2. The molecule has 0 heterocycles. The lowest BCUT2D eigenvalue weighted by molar-refractivity contribution is -0.153. The van der Waals surface area contributed by atoms with E-state index in [1.165, 1.54) is 46.7 Å². The number of carbonyl (C=O) groups is 14. The van der Waals surface area contributed by atoms with Crippen LogP contribution in [0.3, 0.4) is 0 Å². The van der Waals surface area contributed by atoms with Crippen LogP contribution in [0.25, 0.3) is 0 Å². The highest BCUT2D eigenvalue weighted by atomic mass is 31.2. The third kappa shape index (κ3) is 38.9. The van der Waals surface area contributed by atoms with E-state index in [4.69, 9.17) is 44.1 Å². The summed E-state index contributed by atoms with van der Waals surface area (Å²) in [5, 5.41) is 28.3. The monoisotopic (exact) mass is 1450 g/mol. The van der Waals surface area contributed by atoms with Crippen molar-refractivity contribution < 1.29 is 119 Å². The number of carboxylic acid groups (broad SMARTS) is 1. The highest BCUT2D eigenvalue weighted by molar-refractivity contribution is 7.55. The molecule has 9 N–H and O–H groups in total. The number of hydrogen-bond donors (Lipinski definition) is 8. The van der Waals surface area contributed by atoms with Crippen LogP contribution in [0.4, 0.5) is 0 Å². The van der Waals surface area contributed by atoms with Crippen LogP contribution in [0.2, 0.25) is 0 Å². The molecule has 0 saturated carbocycles. The first-order valence-corrected chi connectivity index (χ1v) is 30.9. The van der Waals surface area contributed by atoms with Crippen molar-refractivity contribution in [1.29, 1.82) is 0 Å². The summed E-state index contributed by atoms with van der Waals surface area (Å²) in [5.74, 6) is -9.08. The van der Waals surface area contributed by atoms with Gasteiger partial charge in [-0.05, 0) is 91.4 Å². The van der Waals surface area contributed by atoms with E-state index in [0.29, 0.717) is 46.1 Å². The van der Waals surface area contributed by atoms with Crippen molar-refractivity contribution in [2.75, 3.05) is 56.9 Å². The minimum Gasteiger partial charge on any atom is -0.476 e. The number of methoxy groups -OCH3 is 6. The molecular weight excluding hydrogens is 1370 g/mol. The quantitative estimate of drug-likeness (QED) is 0.00404. The molecule has 0 radical (unpaired) electrons. The zero-order valence-electron chi connectivity index (χ0n) is 57.2. The van der Waals surface area contributed by atoms with Crippen LogP contribution in [-0.2, 0) is 80.4 Å². The second kappa shape index (κ2) is 55.2. The lowest BCUT2D eigenvalue weighted by Crippen LogP contribution is -2.42. The number of hydrogen-bond acceptors (Lipinski definition) is 24. The summed E-state index contributed by atoms with van der Waals surface area (Å²) in [6.07, 6.45) is 3.63. The molecule has 32 heteroatoms. The Morgan fingerprint density at radius 1 is 0.456 bits per heavy atom. The number of allylic oxidation sites excluding steroid dienone is 3. The summed E-state index contributed by atoms with van der Waals surface area (Å²) >= 11 is 0. The van der Waals surface area contributed by atoms with Crippen molar-refractivity contribution in [2.24, 2.45) is 5.73 Å². The Labute approximate surface area is 593 Å². The standard InChI is InChI=1S/C13H15NO3.C13H13NO3.C12H16NO6P.C11H13NO4.C10H11NO4.C7H7NO.C3H4O.C2H2O3/c2*1-3-7-11(13(16)17-2)14-12(15)10-8-5-4-6-9-10;1-17-12(15)11(20(16,18-2)19-3)13-10(14)9-7-5-4-6-8-9;1-15-10(11(14)16-2)12-9(13)8-6-4-3-5-7-8;1-15-10(14)9(13)11-8(12)7-5-3-2-4-6-7;8-7(9)6-4-2-1-3-5-6;1-2-3-4;3-1-2(4)5/h3-6,8-9,11H,1,7H2,2H3,(H,14,15);3-9H,1H2,2H3,(H,14,15);4-8,11H,1-3H3,(H,13,14);3-7,10H,1-2H3,(H,12,13);2-6,9,13H,1H3,(H,11,12);1-5H,(H2,8,9);2-3H,1H2;1H,(H,4,5)/b;11-7-;;;;;;. The van der Waals surface area contributed by atoms with E-state index in [2.05, 4.69) is 70.0 Å². The normalized spacial score (nSPS) is 10.8. The zero-order chi connectivity index (χ0) is 78.1. The zero-order valence-corrected chi connectivity index (χ0v) is 58.1. The average Bonchev–Trinajstić information content (AvgIpc) is 0.825. The van der Waals surface area contributed by atoms with E-state index in [-0.39, 0.29) is 29.7 Å². The number of aldehydes is 2. The van der Waals surface area contributed by atoms with Crippen LogP contribution < -0.4 is 32.3 Å². The second-order valence-electron chi connectivity index (χ2n) is 18.5. The van der Waals surface area contributed by atoms with Crippen molar-refractivity contribution in [3.05, 3.63) is 265 Å². The molecule has 0 aliphatic carbocycles. The fourth-order valence-electron chi connectivity index (χ4n) is 6.67. The molecule has 0 spiro atoms. The van der Waals surface area contributed by atoms with Crippen LogP contribution in [0.15, 0.2) is 232 Å². The van der Waals surface area contributed by atoms with Gasteiger partial charge in [0.1, 0.15) is 18.0 Å². The largest absolute Gasteiger partial charge is 0.476 e. The number of esters is 5. The first-order valence-electron chi connectivity index (χ1n) is 29.3. The Morgan fingerprint density at radius 2 is 0.786 bits per heavy atom. The van der Waals surface area contributed by atoms with E-state index in [9.17, 15) is 57.3 Å². The molecule has 0 aromatic heterocycles. The third-order valence-corrected chi connectivity index (χ3v) is 13.7. The highest BCUT2D eigenvalue weighted by Crippen LogP contribution is 2.51. The van der Waals surface area contributed by atoms with Crippen LogP contribution in [0, 0.1) is 0 Å². The Morgan fingerprint density at radius 3 is 1.07 bits per heavy atom. The summed E-state index contributed by atoms with van der Waals surface area (Å²) in [6.45, 7) is 10.1. The van der Waals surface area contributed by atoms with Gasteiger partial charge in [0, 0.05) is 54.7 Å². The van der Waals surface area contributed by atoms with Crippen LogP contribution in [0.1, 0.15) is 68.6 Å². The summed E-state index contributed by atoms with van der Waals surface area (Å²) in [5.41, 5.74) is 7.67. The third-order valence-electron chi connectivity index (χ3n) is 11.7. The van der Waals surface area contributed by atoms with Crippen molar-refractivity contribution >= 4 is 91.4 Å². The molecule has 103 heavy (non-hydrogen) atoms. The topological polar surface area (TPSA) is 457 Å². The van der Waals surface area contributed by atoms with Gasteiger partial charge in [-0.2, -0.15) is 0 Å². The number of nitrogens with one attached hydrogen (secondary N) is 5. The number of rotatable bonds is 25. The van der Waals surface area contributed by atoms with Crippen LogP contribution in [0.5, 0.6) is 0 Å². The smallest absolute Gasteiger partial charge is 0.368 e. The molecule has 0 bridgehead atoms. The minimum absolute atomic E-state index is 0.0522. The molecule has 6 aromatic rings. The van der Waals surface area contributed by atoms with Crippen molar-refractivity contribution in [2.45, 2.75) is 30.7 Å². The van der Waals surface area contributed by atoms with Crippen LogP contribution in [-0.4, -0.2) is 175 Å². The van der Waals surface area contributed by atoms with E-state index >= 15 is 0 Å². The Balaban J connectivity index is 0. The predicted molar refractivity (Wildman–Crippen MR) is 374 cm³/mol. The number of primary amides is 1. The van der Waals surface area contributed by atoms with E-state index in [0.717, 1.165) is 28.4 Å². The molecule has 4 unspecified atom stereocenters. The number of aliphatic hydroxyl groups excluding tert-OH is 1. The van der Waals surface area contributed by atoms with Gasteiger partial charge in [0.15, 0.2) is 0 Å². The molecule has 0 aliphatic rings. The van der Waals surface area contributed by atoms with Gasteiger partial charge in [-0.3, -0.25) is 42.9 Å². The summed E-state index contributed by atoms with van der Waals surface area (Å²) in [7, 11) is 5.70. The van der Waals surface area contributed by atoms with Crippen molar-refractivity contribution in [1.82, 2.24) is 26.6 Å².